The van der Waals surface area contributed by atoms with E-state index < -0.39 is 5.91 Å². The molecule has 3 aromatic rings. The molecule has 0 bridgehead atoms. The Balaban J connectivity index is 1.64. The third-order valence-electron chi connectivity index (χ3n) is 5.68. The van der Waals surface area contributed by atoms with Gasteiger partial charge in [-0.05, 0) is 42.7 Å². The van der Waals surface area contributed by atoms with E-state index in [9.17, 15) is 14.7 Å². The average Bonchev–Trinajstić information content (AvgIpc) is 2.77. The molecule has 1 aliphatic heterocycles. The monoisotopic (exact) mass is 432 g/mol. The van der Waals surface area contributed by atoms with Gasteiger partial charge in [0.05, 0.1) is 11.1 Å². The van der Waals surface area contributed by atoms with E-state index in [-0.39, 0.29) is 23.9 Å². The zero-order chi connectivity index (χ0) is 22.8. The predicted octanol–water partition coefficient (Wildman–Crippen LogP) is 3.57. The lowest BCUT2D eigenvalue weighted by Gasteiger charge is -2.35. The molecule has 1 fully saturated rings. The number of para-hydroxylation sites is 1. The van der Waals surface area contributed by atoms with Crippen LogP contribution in [0.1, 0.15) is 25.8 Å². The lowest BCUT2D eigenvalue weighted by atomic mass is 10.1. The highest BCUT2D eigenvalue weighted by atomic mass is 16.3. The second-order valence-corrected chi connectivity index (χ2v) is 8.71. The first kappa shape index (κ1) is 21.7. The Labute approximate surface area is 187 Å². The Morgan fingerprint density at radius 2 is 1.75 bits per heavy atom. The number of amides is 1. The van der Waals surface area contributed by atoms with Gasteiger partial charge in [0.15, 0.2) is 5.82 Å². The summed E-state index contributed by atoms with van der Waals surface area (Å²) in [6, 6.07) is 13.1. The molecule has 0 aliphatic carbocycles. The van der Waals surface area contributed by atoms with Crippen molar-refractivity contribution in [3.8, 4) is 17.1 Å². The number of carbonyl (C=O) groups is 2. The third-order valence-corrected chi connectivity index (χ3v) is 5.68. The van der Waals surface area contributed by atoms with Crippen molar-refractivity contribution in [1.29, 1.82) is 0 Å². The van der Waals surface area contributed by atoms with Gasteiger partial charge < -0.3 is 14.9 Å². The highest BCUT2D eigenvalue weighted by molar-refractivity contribution is 6.36. The molecule has 7 heteroatoms. The van der Waals surface area contributed by atoms with E-state index in [1.54, 1.807) is 23.1 Å². The molecule has 1 aliphatic rings. The number of nitrogens with zero attached hydrogens (tertiary/aromatic N) is 4. The van der Waals surface area contributed by atoms with Crippen LogP contribution in [0.3, 0.4) is 0 Å². The van der Waals surface area contributed by atoms with Crippen LogP contribution in [-0.4, -0.2) is 57.8 Å². The van der Waals surface area contributed by atoms with Crippen LogP contribution < -0.4 is 4.90 Å². The normalized spacial score (nSPS) is 14.2. The van der Waals surface area contributed by atoms with E-state index >= 15 is 0 Å². The van der Waals surface area contributed by atoms with Crippen LogP contribution in [0.2, 0.25) is 0 Å². The summed E-state index contributed by atoms with van der Waals surface area (Å²) in [6.45, 7) is 7.96. The van der Waals surface area contributed by atoms with Crippen molar-refractivity contribution >= 4 is 28.4 Å². The maximum absolute atomic E-state index is 12.5. The summed E-state index contributed by atoms with van der Waals surface area (Å²) in [5, 5.41) is 11.3. The van der Waals surface area contributed by atoms with E-state index in [1.807, 2.05) is 45.0 Å². The maximum atomic E-state index is 12.5. The zero-order valence-electron chi connectivity index (χ0n) is 18.7. The van der Waals surface area contributed by atoms with Gasteiger partial charge in [-0.1, -0.05) is 32.0 Å². The van der Waals surface area contributed by atoms with Gasteiger partial charge >= 0.3 is 0 Å². The molecule has 0 atom stereocenters. The maximum Gasteiger partial charge on any atom is 0.290 e. The van der Waals surface area contributed by atoms with Crippen LogP contribution in [0.4, 0.5) is 5.82 Å². The molecular weight excluding hydrogens is 404 g/mol. The second-order valence-electron chi connectivity index (χ2n) is 8.71. The first-order valence-corrected chi connectivity index (χ1v) is 11.0. The van der Waals surface area contributed by atoms with Gasteiger partial charge in [-0.2, -0.15) is 0 Å². The molecule has 1 N–H and O–H groups in total. The molecule has 0 saturated carbocycles. The molecule has 32 heavy (non-hydrogen) atoms. The third kappa shape index (κ3) is 4.42. The van der Waals surface area contributed by atoms with E-state index in [0.717, 1.165) is 22.3 Å². The number of carbonyl (C=O) groups excluding carboxylic acids is 2. The minimum atomic E-state index is -0.392. The Kier molecular flexibility index (Phi) is 6.08. The van der Waals surface area contributed by atoms with Crippen LogP contribution in [0.5, 0.6) is 5.75 Å². The Morgan fingerprint density at radius 3 is 2.44 bits per heavy atom. The average molecular weight is 433 g/mol. The highest BCUT2D eigenvalue weighted by Gasteiger charge is 2.28. The van der Waals surface area contributed by atoms with Crippen LogP contribution in [0.15, 0.2) is 42.5 Å². The SMILES string of the molecule is Cc1ccc2c(N3CCN(C(=O)C(=O)CC(C)C)CC3)nc(-c3ccccc3O)nc2c1. The molecular formula is C25H28N4O3. The fourth-order valence-corrected chi connectivity index (χ4v) is 4.00. The topological polar surface area (TPSA) is 86.6 Å². The molecule has 0 radical (unpaired) electrons. The fraction of sp³-hybridized carbons (Fsp3) is 0.360. The highest BCUT2D eigenvalue weighted by Crippen LogP contribution is 2.32. The number of Topliss-reactive ketones (excluding diaryl/α,β-unsaturated/α-hetero) is 1. The van der Waals surface area contributed by atoms with Crippen molar-refractivity contribution < 1.29 is 14.7 Å². The van der Waals surface area contributed by atoms with Crippen LogP contribution >= 0.6 is 0 Å². The lowest BCUT2D eigenvalue weighted by Crippen LogP contribution is -2.51. The largest absolute Gasteiger partial charge is 0.507 e. The summed E-state index contributed by atoms with van der Waals surface area (Å²) in [7, 11) is 0. The summed E-state index contributed by atoms with van der Waals surface area (Å²) in [4.78, 5) is 38.0. The molecule has 1 saturated heterocycles. The number of aryl methyl sites for hydroxylation is 1. The number of ketones is 1. The summed E-state index contributed by atoms with van der Waals surface area (Å²) < 4.78 is 0. The molecule has 4 rings (SSSR count). The minimum Gasteiger partial charge on any atom is -0.507 e. The van der Waals surface area contributed by atoms with Crippen molar-refractivity contribution in [1.82, 2.24) is 14.9 Å². The number of aromatic hydroxyl groups is 1. The number of rotatable bonds is 5. The number of hydrogen-bond acceptors (Lipinski definition) is 6. The molecule has 2 aromatic carbocycles. The summed E-state index contributed by atoms with van der Waals surface area (Å²) >= 11 is 0. The number of hydrogen-bond donors (Lipinski definition) is 1. The van der Waals surface area contributed by atoms with Gasteiger partial charge in [-0.25, -0.2) is 9.97 Å². The number of phenolic OH excluding ortho intramolecular Hbond substituents is 1. The smallest absolute Gasteiger partial charge is 0.290 e. The molecule has 1 amide bonds. The fourth-order valence-electron chi connectivity index (χ4n) is 4.00. The molecule has 2 heterocycles. The van der Waals surface area contributed by atoms with Crippen molar-refractivity contribution in [2.45, 2.75) is 27.2 Å². The lowest BCUT2D eigenvalue weighted by molar-refractivity contribution is -0.145. The van der Waals surface area contributed by atoms with Crippen LogP contribution in [0.25, 0.3) is 22.3 Å². The Bertz CT molecular complexity index is 1170. The number of aromatic nitrogens is 2. The van der Waals surface area contributed by atoms with E-state index in [4.69, 9.17) is 9.97 Å². The van der Waals surface area contributed by atoms with Gasteiger partial charge in [0.25, 0.3) is 5.91 Å². The van der Waals surface area contributed by atoms with Gasteiger partial charge in [-0.15, -0.1) is 0 Å². The van der Waals surface area contributed by atoms with E-state index in [1.165, 1.54) is 0 Å². The van der Waals surface area contributed by atoms with Gasteiger partial charge in [0, 0.05) is 38.0 Å². The molecule has 166 valence electrons. The zero-order valence-corrected chi connectivity index (χ0v) is 18.7. The number of benzene rings is 2. The molecule has 7 nitrogen and oxygen atoms in total. The van der Waals surface area contributed by atoms with Crippen LogP contribution in [0, 0.1) is 12.8 Å². The molecule has 1 aromatic heterocycles. The molecule has 0 spiro atoms. The Hall–Kier alpha value is -3.48. The van der Waals surface area contributed by atoms with Crippen LogP contribution in [-0.2, 0) is 9.59 Å². The van der Waals surface area contributed by atoms with Crippen molar-refractivity contribution in [2.24, 2.45) is 5.92 Å². The van der Waals surface area contributed by atoms with Gasteiger partial charge in [0.1, 0.15) is 11.6 Å². The second kappa shape index (κ2) is 8.94. The standard InChI is InChI=1S/C25H28N4O3/c1-16(2)14-22(31)25(32)29-12-10-28(11-13-29)24-18-9-8-17(3)15-20(18)26-23(27-24)19-6-4-5-7-21(19)30/h4-9,15-16,30H,10-14H2,1-3H3. The van der Waals surface area contributed by atoms with Crippen molar-refractivity contribution in [3.63, 3.8) is 0 Å². The summed E-state index contributed by atoms with van der Waals surface area (Å²) in [5.74, 6) is 0.811. The molecule has 0 unspecified atom stereocenters. The first-order chi connectivity index (χ1) is 15.3. The quantitative estimate of drug-likeness (QED) is 0.620. The number of fused-ring (bicyclic) bond motifs is 1. The van der Waals surface area contributed by atoms with E-state index in [0.29, 0.717) is 37.6 Å². The number of anilines is 1. The summed E-state index contributed by atoms with van der Waals surface area (Å²) in [6.07, 6.45) is 0.277. The predicted molar refractivity (Wildman–Crippen MR) is 125 cm³/mol. The van der Waals surface area contributed by atoms with Crippen molar-refractivity contribution in [3.05, 3.63) is 48.0 Å². The first-order valence-electron chi connectivity index (χ1n) is 11.0. The summed E-state index contributed by atoms with van der Waals surface area (Å²) in [5.41, 5.74) is 2.47. The number of piperazine rings is 1. The van der Waals surface area contributed by atoms with Crippen molar-refractivity contribution in [2.75, 3.05) is 31.1 Å². The Morgan fingerprint density at radius 1 is 1.03 bits per heavy atom. The van der Waals surface area contributed by atoms with Gasteiger partial charge in [0.2, 0.25) is 5.78 Å². The van der Waals surface area contributed by atoms with Gasteiger partial charge in [-0.3, -0.25) is 9.59 Å². The van der Waals surface area contributed by atoms with E-state index in [2.05, 4.69) is 4.90 Å². The minimum absolute atomic E-state index is 0.129. The number of phenols is 1.